The lowest BCUT2D eigenvalue weighted by atomic mass is 9.96. The normalized spacial score (nSPS) is 18.6. The van der Waals surface area contributed by atoms with Gasteiger partial charge in [-0.2, -0.15) is 0 Å². The molecule has 1 aliphatic heterocycles. The number of rotatable bonds is 5. The van der Waals surface area contributed by atoms with Crippen molar-refractivity contribution in [3.05, 3.63) is 23.9 Å². The molecule has 2 rings (SSSR count). The second kappa shape index (κ2) is 7.43. The maximum atomic E-state index is 12.0. The summed E-state index contributed by atoms with van der Waals surface area (Å²) in [6, 6.07) is 6.57. The Bertz CT molecular complexity index is 473. The Balaban J connectivity index is 1.97. The van der Waals surface area contributed by atoms with Crippen LogP contribution in [0.4, 0.5) is 5.82 Å². The molecule has 1 fully saturated rings. The minimum Gasteiger partial charge on any atom is -0.363 e. The predicted octanol–water partition coefficient (Wildman–Crippen LogP) is 2.87. The molecule has 0 spiro atoms. The van der Waals surface area contributed by atoms with E-state index in [0.29, 0.717) is 18.4 Å². The molecule has 4 heteroatoms. The highest BCUT2D eigenvalue weighted by Gasteiger charge is 2.25. The van der Waals surface area contributed by atoms with Crippen LogP contribution in [0.2, 0.25) is 0 Å². The van der Waals surface area contributed by atoms with E-state index in [4.69, 9.17) is 0 Å². The van der Waals surface area contributed by atoms with Crippen molar-refractivity contribution in [2.45, 2.75) is 51.5 Å². The smallest absolute Gasteiger partial charge is 0.222 e. The fourth-order valence-electron chi connectivity index (χ4n) is 3.00. The van der Waals surface area contributed by atoms with Gasteiger partial charge in [0, 0.05) is 38.8 Å². The van der Waals surface area contributed by atoms with Crippen LogP contribution >= 0.6 is 0 Å². The number of hydrogen-bond donors (Lipinski definition) is 0. The molecule has 1 amide bonds. The van der Waals surface area contributed by atoms with Gasteiger partial charge in [0.15, 0.2) is 0 Å². The van der Waals surface area contributed by atoms with Gasteiger partial charge in [-0.1, -0.05) is 13.0 Å². The number of aromatic nitrogens is 1. The summed E-state index contributed by atoms with van der Waals surface area (Å²) in [5.41, 5.74) is 1.12. The van der Waals surface area contributed by atoms with Crippen molar-refractivity contribution in [3.63, 3.8) is 0 Å². The van der Waals surface area contributed by atoms with Crippen LogP contribution < -0.4 is 4.90 Å². The Morgan fingerprint density at radius 1 is 1.38 bits per heavy atom. The van der Waals surface area contributed by atoms with Gasteiger partial charge in [-0.3, -0.25) is 4.79 Å². The second-order valence-corrected chi connectivity index (χ2v) is 6.01. The maximum Gasteiger partial charge on any atom is 0.222 e. The van der Waals surface area contributed by atoms with E-state index in [2.05, 4.69) is 22.0 Å². The molecule has 116 valence electrons. The second-order valence-electron chi connectivity index (χ2n) is 6.01. The molecule has 1 saturated heterocycles. The van der Waals surface area contributed by atoms with Gasteiger partial charge in [0.25, 0.3) is 0 Å². The molecule has 4 nitrogen and oxygen atoms in total. The van der Waals surface area contributed by atoms with Crippen molar-refractivity contribution < 1.29 is 4.79 Å². The molecule has 1 aliphatic rings. The highest BCUT2D eigenvalue weighted by molar-refractivity contribution is 5.76. The lowest BCUT2D eigenvalue weighted by molar-refractivity contribution is -0.134. The quantitative estimate of drug-likeness (QED) is 0.836. The van der Waals surface area contributed by atoms with Crippen molar-refractivity contribution >= 4 is 11.7 Å². The van der Waals surface area contributed by atoms with Crippen molar-refractivity contribution in [2.75, 3.05) is 25.5 Å². The third kappa shape index (κ3) is 4.19. The highest BCUT2D eigenvalue weighted by atomic mass is 16.2. The number of piperidine rings is 1. The van der Waals surface area contributed by atoms with Gasteiger partial charge in [-0.15, -0.1) is 0 Å². The van der Waals surface area contributed by atoms with Crippen LogP contribution in [-0.2, 0) is 11.2 Å². The molecular weight excluding hydrogens is 262 g/mol. The highest BCUT2D eigenvalue weighted by Crippen LogP contribution is 2.22. The van der Waals surface area contributed by atoms with Crippen molar-refractivity contribution in [2.24, 2.45) is 0 Å². The van der Waals surface area contributed by atoms with Crippen LogP contribution in [0.5, 0.6) is 0 Å². The molecule has 1 aromatic rings. The number of carbonyl (C=O) groups is 1. The third-order valence-electron chi connectivity index (χ3n) is 4.23. The summed E-state index contributed by atoms with van der Waals surface area (Å²) in [5.74, 6) is 1.30. The Labute approximate surface area is 128 Å². The number of anilines is 1. The van der Waals surface area contributed by atoms with Crippen LogP contribution in [0, 0.1) is 0 Å². The Kier molecular flexibility index (Phi) is 5.59. The summed E-state index contributed by atoms with van der Waals surface area (Å²) in [7, 11) is 4.02. The SMILES string of the molecule is CCC(=O)N1CCCC[C@H]1CCc1cccc(N(C)C)n1. The minimum atomic E-state index is 0.301. The predicted molar refractivity (Wildman–Crippen MR) is 86.5 cm³/mol. The summed E-state index contributed by atoms with van der Waals surface area (Å²) in [6.07, 6.45) is 6.11. The summed E-state index contributed by atoms with van der Waals surface area (Å²) in [4.78, 5) is 20.8. The fraction of sp³-hybridized carbons (Fsp3) is 0.647. The number of likely N-dealkylation sites (tertiary alicyclic amines) is 1. The summed E-state index contributed by atoms with van der Waals surface area (Å²) >= 11 is 0. The van der Waals surface area contributed by atoms with Gasteiger partial charge in [-0.25, -0.2) is 4.98 Å². The number of nitrogens with zero attached hydrogens (tertiary/aromatic N) is 3. The van der Waals surface area contributed by atoms with E-state index >= 15 is 0 Å². The Morgan fingerprint density at radius 3 is 2.90 bits per heavy atom. The molecule has 0 aliphatic carbocycles. The van der Waals surface area contributed by atoms with Crippen LogP contribution in [0.1, 0.15) is 44.7 Å². The molecule has 0 bridgehead atoms. The van der Waals surface area contributed by atoms with Crippen LogP contribution in [0.15, 0.2) is 18.2 Å². The van der Waals surface area contributed by atoms with Gasteiger partial charge < -0.3 is 9.80 Å². The first kappa shape index (κ1) is 15.8. The van der Waals surface area contributed by atoms with E-state index in [-0.39, 0.29) is 0 Å². The Morgan fingerprint density at radius 2 is 2.19 bits per heavy atom. The molecule has 0 saturated carbocycles. The lowest BCUT2D eigenvalue weighted by Gasteiger charge is -2.35. The van der Waals surface area contributed by atoms with Gasteiger partial charge in [-0.05, 0) is 44.2 Å². The zero-order valence-electron chi connectivity index (χ0n) is 13.5. The number of amides is 1. The summed E-state index contributed by atoms with van der Waals surface area (Å²) in [5, 5.41) is 0. The van der Waals surface area contributed by atoms with E-state index in [1.54, 1.807) is 0 Å². The van der Waals surface area contributed by atoms with E-state index in [9.17, 15) is 4.79 Å². The summed E-state index contributed by atoms with van der Waals surface area (Å²) in [6.45, 7) is 2.89. The van der Waals surface area contributed by atoms with Gasteiger partial charge >= 0.3 is 0 Å². The molecule has 1 aromatic heterocycles. The molecule has 1 atom stereocenters. The monoisotopic (exact) mass is 289 g/mol. The minimum absolute atomic E-state index is 0.301. The first-order valence-corrected chi connectivity index (χ1v) is 8.04. The number of aryl methyl sites for hydroxylation is 1. The molecule has 0 N–H and O–H groups in total. The molecule has 0 unspecified atom stereocenters. The van der Waals surface area contributed by atoms with E-state index < -0.39 is 0 Å². The van der Waals surface area contributed by atoms with E-state index in [1.807, 2.05) is 32.0 Å². The molecule has 21 heavy (non-hydrogen) atoms. The largest absolute Gasteiger partial charge is 0.363 e. The van der Waals surface area contributed by atoms with Gasteiger partial charge in [0.1, 0.15) is 5.82 Å². The van der Waals surface area contributed by atoms with Crippen LogP contribution in [0.3, 0.4) is 0 Å². The topological polar surface area (TPSA) is 36.4 Å². The van der Waals surface area contributed by atoms with Crippen molar-refractivity contribution in [1.82, 2.24) is 9.88 Å². The third-order valence-corrected chi connectivity index (χ3v) is 4.23. The van der Waals surface area contributed by atoms with Crippen LogP contribution in [-0.4, -0.2) is 42.5 Å². The first-order chi connectivity index (χ1) is 10.1. The average Bonchev–Trinajstić information content (AvgIpc) is 2.52. The number of pyridine rings is 1. The standard InChI is InChI=1S/C17H27N3O/c1-4-17(21)20-13-6-5-9-15(20)12-11-14-8-7-10-16(18-14)19(2)3/h7-8,10,15H,4-6,9,11-13H2,1-3H3/t15-/m0/s1. The zero-order valence-corrected chi connectivity index (χ0v) is 13.5. The fourth-order valence-corrected chi connectivity index (χ4v) is 3.00. The van der Waals surface area contributed by atoms with Gasteiger partial charge in [0.05, 0.1) is 0 Å². The van der Waals surface area contributed by atoms with E-state index in [0.717, 1.165) is 43.7 Å². The zero-order chi connectivity index (χ0) is 15.2. The van der Waals surface area contributed by atoms with Crippen molar-refractivity contribution in [1.29, 1.82) is 0 Å². The summed E-state index contributed by atoms with van der Waals surface area (Å²) < 4.78 is 0. The maximum absolute atomic E-state index is 12.0. The first-order valence-electron chi connectivity index (χ1n) is 8.04. The molecule has 0 radical (unpaired) electrons. The molecule has 0 aromatic carbocycles. The van der Waals surface area contributed by atoms with E-state index in [1.165, 1.54) is 6.42 Å². The molecule has 2 heterocycles. The lowest BCUT2D eigenvalue weighted by Crippen LogP contribution is -2.43. The molecular formula is C17H27N3O. The van der Waals surface area contributed by atoms with Crippen molar-refractivity contribution in [3.8, 4) is 0 Å². The number of carbonyl (C=O) groups excluding carboxylic acids is 1. The number of hydrogen-bond acceptors (Lipinski definition) is 3. The average molecular weight is 289 g/mol. The van der Waals surface area contributed by atoms with Gasteiger partial charge in [0.2, 0.25) is 5.91 Å². The Hall–Kier alpha value is -1.58. The van der Waals surface area contributed by atoms with Crippen LogP contribution in [0.25, 0.3) is 0 Å².